The predicted molar refractivity (Wildman–Crippen MR) is 87.8 cm³/mol. The highest BCUT2D eigenvalue weighted by Crippen LogP contribution is 2.33. The van der Waals surface area contributed by atoms with Crippen LogP contribution in [0.5, 0.6) is 0 Å². The van der Waals surface area contributed by atoms with E-state index in [1.54, 1.807) is 0 Å². The van der Waals surface area contributed by atoms with Gasteiger partial charge in [-0.1, -0.05) is 6.07 Å². The number of nitrogens with zero attached hydrogens (tertiary/aromatic N) is 1. The fraction of sp³-hybridized carbons (Fsp3) is 0.556. The first-order valence-electron chi connectivity index (χ1n) is 8.10. The highest BCUT2D eigenvalue weighted by atomic mass is 16.3. The Morgan fingerprint density at radius 1 is 1.33 bits per heavy atom. The number of fused-ring (bicyclic) bond motifs is 1. The van der Waals surface area contributed by atoms with E-state index in [0.717, 1.165) is 12.8 Å². The summed E-state index contributed by atoms with van der Waals surface area (Å²) in [6.45, 7) is 4.25. The van der Waals surface area contributed by atoms with Gasteiger partial charge in [0.1, 0.15) is 0 Å². The zero-order chi connectivity index (χ0) is 14.8. The van der Waals surface area contributed by atoms with Gasteiger partial charge in [-0.2, -0.15) is 0 Å². The van der Waals surface area contributed by atoms with Gasteiger partial charge in [0.05, 0.1) is 6.10 Å². The molecule has 21 heavy (non-hydrogen) atoms. The summed E-state index contributed by atoms with van der Waals surface area (Å²) in [6, 6.07) is 6.69. The Morgan fingerprint density at radius 3 is 2.81 bits per heavy atom. The molecular formula is C18H26N2O. The predicted octanol–water partition coefficient (Wildman–Crippen LogP) is 3.29. The lowest BCUT2D eigenvalue weighted by Gasteiger charge is -2.28. The van der Waals surface area contributed by atoms with Crippen molar-refractivity contribution in [2.24, 2.45) is 0 Å². The number of rotatable bonds is 4. The van der Waals surface area contributed by atoms with Crippen molar-refractivity contribution >= 4 is 10.9 Å². The number of aryl methyl sites for hydroxylation is 1. The maximum Gasteiger partial charge on any atom is 0.0515 e. The Bertz CT molecular complexity index is 594. The van der Waals surface area contributed by atoms with Gasteiger partial charge in [0, 0.05) is 17.1 Å². The molecule has 0 bridgehead atoms. The van der Waals surface area contributed by atoms with Gasteiger partial charge < -0.3 is 15.0 Å². The summed E-state index contributed by atoms with van der Waals surface area (Å²) >= 11 is 0. The van der Waals surface area contributed by atoms with Gasteiger partial charge >= 0.3 is 0 Å². The minimum atomic E-state index is -0.222. The first kappa shape index (κ1) is 14.6. The second-order valence-electron chi connectivity index (χ2n) is 6.59. The molecular weight excluding hydrogens is 260 g/mol. The van der Waals surface area contributed by atoms with Crippen molar-refractivity contribution in [2.45, 2.75) is 44.6 Å². The third-order valence-electron chi connectivity index (χ3n) is 4.79. The number of hydrogen-bond donors (Lipinski definition) is 2. The number of aromatic nitrogens is 1. The standard InChI is InChI=1S/C18H26N2O/c1-13(21)3-4-14-5-6-18-16(11-14)17(12-19-18)15-7-9-20(2)10-8-15/h5-6,11-13,15,19,21H,3-4,7-10H2,1-2H3. The molecule has 3 nitrogen and oxygen atoms in total. The van der Waals surface area contributed by atoms with Crippen molar-refractivity contribution in [2.75, 3.05) is 20.1 Å². The maximum absolute atomic E-state index is 9.46. The van der Waals surface area contributed by atoms with Crippen LogP contribution in [0.2, 0.25) is 0 Å². The number of hydrogen-bond acceptors (Lipinski definition) is 2. The van der Waals surface area contributed by atoms with Crippen LogP contribution < -0.4 is 0 Å². The third-order valence-corrected chi connectivity index (χ3v) is 4.79. The molecule has 1 unspecified atom stereocenters. The van der Waals surface area contributed by atoms with Crippen LogP contribution >= 0.6 is 0 Å². The Morgan fingerprint density at radius 2 is 2.10 bits per heavy atom. The molecule has 1 aromatic carbocycles. The molecule has 0 aliphatic carbocycles. The molecule has 2 N–H and O–H groups in total. The third kappa shape index (κ3) is 3.30. The quantitative estimate of drug-likeness (QED) is 0.905. The summed E-state index contributed by atoms with van der Waals surface area (Å²) in [7, 11) is 2.21. The molecule has 3 heteroatoms. The van der Waals surface area contributed by atoms with E-state index in [1.807, 2.05) is 6.92 Å². The molecule has 1 saturated heterocycles. The van der Waals surface area contributed by atoms with Crippen molar-refractivity contribution < 1.29 is 5.11 Å². The number of nitrogens with one attached hydrogen (secondary N) is 1. The molecule has 3 rings (SSSR count). The van der Waals surface area contributed by atoms with Crippen molar-refractivity contribution in [3.8, 4) is 0 Å². The minimum absolute atomic E-state index is 0.222. The first-order valence-corrected chi connectivity index (χ1v) is 8.10. The zero-order valence-electron chi connectivity index (χ0n) is 13.1. The first-order chi connectivity index (χ1) is 10.1. The second-order valence-corrected chi connectivity index (χ2v) is 6.59. The Labute approximate surface area is 127 Å². The van der Waals surface area contributed by atoms with Crippen molar-refractivity contribution in [1.29, 1.82) is 0 Å². The van der Waals surface area contributed by atoms with Gasteiger partial charge in [0.25, 0.3) is 0 Å². The second kappa shape index (κ2) is 6.20. The summed E-state index contributed by atoms with van der Waals surface area (Å²) in [4.78, 5) is 5.84. The maximum atomic E-state index is 9.46. The molecule has 0 amide bonds. The van der Waals surface area contributed by atoms with E-state index >= 15 is 0 Å². The van der Waals surface area contributed by atoms with E-state index in [2.05, 4.69) is 41.3 Å². The van der Waals surface area contributed by atoms with Crippen LogP contribution in [0.1, 0.15) is 43.2 Å². The Balaban J connectivity index is 1.83. The number of aromatic amines is 1. The Kier molecular flexibility index (Phi) is 4.32. The summed E-state index contributed by atoms with van der Waals surface area (Å²) in [5, 5.41) is 10.8. The molecule has 2 heterocycles. The number of aliphatic hydroxyl groups excluding tert-OH is 1. The van der Waals surface area contributed by atoms with Crippen LogP contribution in [0.3, 0.4) is 0 Å². The minimum Gasteiger partial charge on any atom is -0.393 e. The van der Waals surface area contributed by atoms with Crippen LogP contribution in [0.4, 0.5) is 0 Å². The van der Waals surface area contributed by atoms with Crippen LogP contribution in [0, 0.1) is 0 Å². The lowest BCUT2D eigenvalue weighted by molar-refractivity contribution is 0.185. The largest absolute Gasteiger partial charge is 0.393 e. The van der Waals surface area contributed by atoms with E-state index < -0.39 is 0 Å². The summed E-state index contributed by atoms with van der Waals surface area (Å²) < 4.78 is 0. The van der Waals surface area contributed by atoms with Crippen LogP contribution in [0.25, 0.3) is 10.9 Å². The van der Waals surface area contributed by atoms with Gasteiger partial charge in [-0.05, 0) is 81.9 Å². The van der Waals surface area contributed by atoms with Gasteiger partial charge in [-0.25, -0.2) is 0 Å². The van der Waals surface area contributed by atoms with Crippen LogP contribution in [-0.2, 0) is 6.42 Å². The highest BCUT2D eigenvalue weighted by molar-refractivity contribution is 5.84. The Hall–Kier alpha value is -1.32. The fourth-order valence-electron chi connectivity index (χ4n) is 3.38. The van der Waals surface area contributed by atoms with E-state index in [9.17, 15) is 5.11 Å². The van der Waals surface area contributed by atoms with E-state index in [1.165, 1.54) is 48.0 Å². The number of H-pyrrole nitrogens is 1. The van der Waals surface area contributed by atoms with E-state index in [4.69, 9.17) is 0 Å². The molecule has 1 aliphatic rings. The summed E-state index contributed by atoms with van der Waals surface area (Å²) in [5.74, 6) is 0.682. The number of aliphatic hydroxyl groups is 1. The number of piperidine rings is 1. The van der Waals surface area contributed by atoms with E-state index in [-0.39, 0.29) is 6.10 Å². The molecule has 0 radical (unpaired) electrons. The molecule has 0 saturated carbocycles. The number of likely N-dealkylation sites (tertiary alicyclic amines) is 1. The fourth-order valence-corrected chi connectivity index (χ4v) is 3.38. The lowest BCUT2D eigenvalue weighted by Crippen LogP contribution is -2.29. The smallest absolute Gasteiger partial charge is 0.0515 e. The average Bonchev–Trinajstić information content (AvgIpc) is 2.89. The van der Waals surface area contributed by atoms with Gasteiger partial charge in [-0.15, -0.1) is 0 Å². The van der Waals surface area contributed by atoms with Crippen LogP contribution in [0.15, 0.2) is 24.4 Å². The molecule has 2 aromatic rings. The normalized spacial score (nSPS) is 19.2. The number of benzene rings is 1. The molecule has 1 aromatic heterocycles. The van der Waals surface area contributed by atoms with E-state index in [0.29, 0.717) is 5.92 Å². The van der Waals surface area contributed by atoms with Crippen LogP contribution in [-0.4, -0.2) is 41.2 Å². The monoisotopic (exact) mass is 286 g/mol. The molecule has 114 valence electrons. The topological polar surface area (TPSA) is 39.3 Å². The van der Waals surface area contributed by atoms with Gasteiger partial charge in [-0.3, -0.25) is 0 Å². The van der Waals surface area contributed by atoms with Gasteiger partial charge in [0.15, 0.2) is 0 Å². The summed E-state index contributed by atoms with van der Waals surface area (Å²) in [5.41, 5.74) is 4.05. The molecule has 1 fully saturated rings. The average molecular weight is 286 g/mol. The molecule has 1 aliphatic heterocycles. The van der Waals surface area contributed by atoms with Crippen molar-refractivity contribution in [3.63, 3.8) is 0 Å². The molecule has 0 spiro atoms. The zero-order valence-corrected chi connectivity index (χ0v) is 13.1. The van der Waals surface area contributed by atoms with Crippen molar-refractivity contribution in [1.82, 2.24) is 9.88 Å². The molecule has 1 atom stereocenters. The SMILES string of the molecule is CC(O)CCc1ccc2[nH]cc(C3CCN(C)CC3)c2c1. The van der Waals surface area contributed by atoms with Crippen molar-refractivity contribution in [3.05, 3.63) is 35.5 Å². The van der Waals surface area contributed by atoms with Gasteiger partial charge in [0.2, 0.25) is 0 Å². The highest BCUT2D eigenvalue weighted by Gasteiger charge is 2.21. The summed E-state index contributed by atoms with van der Waals surface area (Å²) in [6.07, 6.45) is 6.27. The lowest BCUT2D eigenvalue weighted by atomic mass is 9.89.